The zero-order valence-electron chi connectivity index (χ0n) is 10.3. The van der Waals surface area contributed by atoms with Crippen LogP contribution < -0.4 is 10.2 Å². The van der Waals surface area contributed by atoms with Crippen LogP contribution in [0.15, 0.2) is 18.2 Å². The van der Waals surface area contributed by atoms with Gasteiger partial charge in [-0.05, 0) is 24.6 Å². The Kier molecular flexibility index (Phi) is 3.80. The summed E-state index contributed by atoms with van der Waals surface area (Å²) in [4.78, 5) is 13.6. The fourth-order valence-electron chi connectivity index (χ4n) is 1.99. The van der Waals surface area contributed by atoms with Gasteiger partial charge in [0, 0.05) is 20.3 Å². The first-order valence-corrected chi connectivity index (χ1v) is 5.83. The van der Waals surface area contributed by atoms with Crippen molar-refractivity contribution in [3.05, 3.63) is 23.8 Å². The molecular weight excluding hydrogens is 230 g/mol. The molecule has 0 radical (unpaired) electrons. The summed E-state index contributed by atoms with van der Waals surface area (Å²) in [5.74, 6) is 0.0219. The van der Waals surface area contributed by atoms with Crippen LogP contribution in [0, 0.1) is 11.3 Å². The van der Waals surface area contributed by atoms with Crippen LogP contribution in [0.25, 0.3) is 0 Å². The molecule has 1 heterocycles. The molecule has 0 unspecified atom stereocenters. The van der Waals surface area contributed by atoms with Gasteiger partial charge in [-0.2, -0.15) is 5.26 Å². The van der Waals surface area contributed by atoms with Crippen molar-refractivity contribution in [2.24, 2.45) is 0 Å². The molecule has 1 aromatic rings. The summed E-state index contributed by atoms with van der Waals surface area (Å²) in [6.45, 7) is 1.52. The molecule has 5 nitrogen and oxygen atoms in total. The lowest BCUT2D eigenvalue weighted by molar-refractivity contribution is -0.117. The lowest BCUT2D eigenvalue weighted by Gasteiger charge is -2.30. The van der Waals surface area contributed by atoms with Crippen molar-refractivity contribution in [3.8, 4) is 6.07 Å². The molecule has 0 fully saturated rings. The maximum absolute atomic E-state index is 11.9. The highest BCUT2D eigenvalue weighted by atomic mass is 16.5. The second kappa shape index (κ2) is 5.52. The average Bonchev–Trinajstić information content (AvgIpc) is 2.41. The number of carbonyl (C=O) groups excluding carboxylic acids is 1. The van der Waals surface area contributed by atoms with Crippen molar-refractivity contribution in [2.75, 3.05) is 37.0 Å². The van der Waals surface area contributed by atoms with Crippen LogP contribution in [0.5, 0.6) is 0 Å². The molecule has 5 heteroatoms. The zero-order valence-corrected chi connectivity index (χ0v) is 10.3. The average molecular weight is 245 g/mol. The zero-order chi connectivity index (χ0) is 13.0. The predicted octanol–water partition coefficient (Wildman–Crippen LogP) is 1.35. The van der Waals surface area contributed by atoms with Crippen molar-refractivity contribution in [2.45, 2.75) is 6.42 Å². The van der Waals surface area contributed by atoms with Crippen molar-refractivity contribution in [1.82, 2.24) is 0 Å². The topological polar surface area (TPSA) is 65.4 Å². The first kappa shape index (κ1) is 12.4. The molecule has 0 saturated carbocycles. The van der Waals surface area contributed by atoms with Gasteiger partial charge in [-0.15, -0.1) is 0 Å². The van der Waals surface area contributed by atoms with Gasteiger partial charge in [-0.1, -0.05) is 0 Å². The molecule has 0 spiro atoms. The normalized spacial score (nSPS) is 13.8. The molecule has 94 valence electrons. The quantitative estimate of drug-likeness (QED) is 0.813. The van der Waals surface area contributed by atoms with Gasteiger partial charge in [0.2, 0.25) is 5.91 Å². The number of nitrogens with zero attached hydrogens (tertiary/aromatic N) is 2. The van der Waals surface area contributed by atoms with E-state index in [-0.39, 0.29) is 5.91 Å². The Morgan fingerprint density at radius 1 is 1.56 bits per heavy atom. The summed E-state index contributed by atoms with van der Waals surface area (Å²) in [7, 11) is 1.64. The number of hydrogen-bond acceptors (Lipinski definition) is 4. The molecule has 0 bridgehead atoms. The molecule has 1 aliphatic rings. The number of fused-ring (bicyclic) bond motifs is 1. The van der Waals surface area contributed by atoms with Gasteiger partial charge < -0.3 is 15.0 Å². The number of rotatable bonds is 4. The van der Waals surface area contributed by atoms with E-state index >= 15 is 0 Å². The van der Waals surface area contributed by atoms with E-state index in [9.17, 15) is 4.79 Å². The molecule has 1 aromatic carbocycles. The summed E-state index contributed by atoms with van der Waals surface area (Å²) >= 11 is 0. The number of nitrogens with one attached hydrogen (secondary N) is 1. The predicted molar refractivity (Wildman–Crippen MR) is 68.5 cm³/mol. The van der Waals surface area contributed by atoms with E-state index in [2.05, 4.69) is 11.4 Å². The number of benzene rings is 1. The fourth-order valence-corrected chi connectivity index (χ4v) is 1.99. The summed E-state index contributed by atoms with van der Waals surface area (Å²) < 4.78 is 5.00. The lowest BCUT2D eigenvalue weighted by Crippen LogP contribution is -2.40. The minimum Gasteiger partial charge on any atom is -0.385 e. The van der Waals surface area contributed by atoms with Gasteiger partial charge in [0.05, 0.1) is 29.6 Å². The van der Waals surface area contributed by atoms with E-state index in [1.165, 1.54) is 0 Å². The van der Waals surface area contributed by atoms with Gasteiger partial charge in [0.15, 0.2) is 0 Å². The molecule has 0 aliphatic carbocycles. The molecule has 0 aromatic heterocycles. The van der Waals surface area contributed by atoms with Crippen molar-refractivity contribution < 1.29 is 9.53 Å². The van der Waals surface area contributed by atoms with Crippen LogP contribution in [0.4, 0.5) is 11.4 Å². The Hall–Kier alpha value is -2.06. The number of methoxy groups -OCH3 is 1. The van der Waals surface area contributed by atoms with Crippen LogP contribution in [0.2, 0.25) is 0 Å². The van der Waals surface area contributed by atoms with Crippen LogP contribution >= 0.6 is 0 Å². The molecule has 18 heavy (non-hydrogen) atoms. The third kappa shape index (κ3) is 2.44. The maximum atomic E-state index is 11.9. The Balaban J connectivity index is 2.25. The molecule has 1 N–H and O–H groups in total. The molecular formula is C13H15N3O2. The Morgan fingerprint density at radius 3 is 3.11 bits per heavy atom. The smallest absolute Gasteiger partial charge is 0.246 e. The van der Waals surface area contributed by atoms with Gasteiger partial charge >= 0.3 is 0 Å². The van der Waals surface area contributed by atoms with Crippen LogP contribution in [0.1, 0.15) is 12.0 Å². The highest BCUT2D eigenvalue weighted by Gasteiger charge is 2.23. The number of hydrogen-bond donors (Lipinski definition) is 1. The van der Waals surface area contributed by atoms with Crippen LogP contribution in [0.3, 0.4) is 0 Å². The number of ether oxygens (including phenoxy) is 1. The van der Waals surface area contributed by atoms with Gasteiger partial charge in [0.25, 0.3) is 0 Å². The minimum absolute atomic E-state index is 0.0219. The maximum Gasteiger partial charge on any atom is 0.246 e. The molecule has 1 aliphatic heterocycles. The summed E-state index contributed by atoms with van der Waals surface area (Å²) in [6.07, 6.45) is 0.776. The lowest BCUT2D eigenvalue weighted by atomic mass is 10.1. The summed E-state index contributed by atoms with van der Waals surface area (Å²) in [5.41, 5.74) is 2.23. The first-order valence-electron chi connectivity index (χ1n) is 5.83. The third-order valence-electron chi connectivity index (χ3n) is 2.88. The Morgan fingerprint density at radius 2 is 2.39 bits per heavy atom. The van der Waals surface area contributed by atoms with E-state index in [0.717, 1.165) is 17.8 Å². The number of nitriles is 1. The highest BCUT2D eigenvalue weighted by Crippen LogP contribution is 2.30. The van der Waals surface area contributed by atoms with E-state index in [1.54, 1.807) is 24.1 Å². The number of carbonyl (C=O) groups is 1. The second-order valence-corrected chi connectivity index (χ2v) is 4.09. The number of anilines is 2. The van der Waals surface area contributed by atoms with Crippen molar-refractivity contribution in [3.63, 3.8) is 0 Å². The monoisotopic (exact) mass is 245 g/mol. The second-order valence-electron chi connectivity index (χ2n) is 4.09. The van der Waals surface area contributed by atoms with E-state index in [0.29, 0.717) is 25.3 Å². The summed E-state index contributed by atoms with van der Waals surface area (Å²) in [5, 5.41) is 12.0. The van der Waals surface area contributed by atoms with Gasteiger partial charge in [0.1, 0.15) is 0 Å². The fraction of sp³-hybridized carbons (Fsp3) is 0.385. The Labute approximate surface area is 106 Å². The first-order chi connectivity index (χ1) is 8.76. The third-order valence-corrected chi connectivity index (χ3v) is 2.88. The summed E-state index contributed by atoms with van der Waals surface area (Å²) in [6, 6.07) is 7.41. The van der Waals surface area contributed by atoms with Crippen molar-refractivity contribution in [1.29, 1.82) is 5.26 Å². The van der Waals surface area contributed by atoms with Gasteiger partial charge in [-0.25, -0.2) is 0 Å². The Bertz CT molecular complexity index is 493. The largest absolute Gasteiger partial charge is 0.385 e. The molecule has 0 saturated heterocycles. The van der Waals surface area contributed by atoms with E-state index in [1.807, 2.05) is 6.07 Å². The van der Waals surface area contributed by atoms with E-state index in [4.69, 9.17) is 10.00 Å². The van der Waals surface area contributed by atoms with Crippen LogP contribution in [-0.2, 0) is 9.53 Å². The van der Waals surface area contributed by atoms with Gasteiger partial charge in [-0.3, -0.25) is 4.79 Å². The van der Waals surface area contributed by atoms with Crippen LogP contribution in [-0.4, -0.2) is 32.7 Å². The SMILES string of the molecule is COCCCN1C(=O)CNc2ccc(C#N)cc21. The van der Waals surface area contributed by atoms with E-state index < -0.39 is 0 Å². The molecule has 0 atom stereocenters. The highest BCUT2D eigenvalue weighted by molar-refractivity contribution is 6.02. The number of amides is 1. The van der Waals surface area contributed by atoms with Crippen molar-refractivity contribution >= 4 is 17.3 Å². The minimum atomic E-state index is 0.0219. The standard InChI is InChI=1S/C13H15N3O2/c1-18-6-2-5-16-12-7-10(8-14)3-4-11(12)15-9-13(16)17/h3-4,7,15H,2,5-6,9H2,1H3. The molecule has 2 rings (SSSR count). The molecule has 1 amide bonds.